The van der Waals surface area contributed by atoms with Crippen LogP contribution in [-0.2, 0) is 0 Å². The number of nitrogens with zero attached hydrogens (tertiary/aromatic N) is 3. The first kappa shape index (κ1) is 11.6. The Bertz CT molecular complexity index is 763. The van der Waals surface area contributed by atoms with Crippen LogP contribution in [0.2, 0.25) is 0 Å². The average molecular weight is 275 g/mol. The average Bonchev–Trinajstić information content (AvgIpc) is 3.01. The van der Waals surface area contributed by atoms with E-state index in [0.29, 0.717) is 5.13 Å². The first-order chi connectivity index (χ1) is 9.17. The fraction of sp³-hybridized carbons (Fsp3) is 0.0909. The van der Waals surface area contributed by atoms with E-state index in [-0.39, 0.29) is 11.7 Å². The number of thiazole rings is 1. The number of benzene rings is 1. The zero-order valence-electron chi connectivity index (χ0n) is 9.88. The summed E-state index contributed by atoms with van der Waals surface area (Å²) in [4.78, 5) is 19.5. The molecule has 2 heterocycles. The van der Waals surface area contributed by atoms with Crippen LogP contribution in [0.3, 0.4) is 0 Å². The van der Waals surface area contributed by atoms with Crippen molar-refractivity contribution in [2.24, 2.45) is 0 Å². The number of fused-ring (bicyclic) bond motifs is 1. The van der Waals surface area contributed by atoms with Crippen LogP contribution in [0.1, 0.15) is 10.6 Å². The van der Waals surface area contributed by atoms with Crippen molar-refractivity contribution in [3.8, 4) is 11.5 Å². The van der Waals surface area contributed by atoms with Crippen LogP contribution in [0, 0.1) is 0 Å². The highest BCUT2D eigenvalue weighted by molar-refractivity contribution is 7.22. The Kier molecular flexibility index (Phi) is 2.64. The molecule has 0 bridgehead atoms. The third kappa shape index (κ3) is 2.02. The maximum Gasteiger partial charge on any atom is 0.292 e. The monoisotopic (exact) mass is 275 g/mol. The zero-order valence-corrected chi connectivity index (χ0v) is 10.7. The molecule has 0 saturated heterocycles. The Labute approximate surface area is 111 Å². The second-order valence-corrected chi connectivity index (χ2v) is 4.80. The number of carbonyl (C=O) groups is 1. The molecular formula is C11H9N5O2S. The number of anilines is 1. The molecule has 0 aliphatic heterocycles. The molecule has 3 rings (SSSR count). The highest BCUT2D eigenvalue weighted by atomic mass is 32.1. The Morgan fingerprint density at radius 2 is 2.26 bits per heavy atom. The Hall–Kier alpha value is -2.48. The van der Waals surface area contributed by atoms with Crippen molar-refractivity contribution < 1.29 is 9.32 Å². The van der Waals surface area contributed by atoms with Gasteiger partial charge in [0.25, 0.3) is 17.6 Å². The van der Waals surface area contributed by atoms with E-state index in [2.05, 4.69) is 20.4 Å². The SMILES string of the molecule is CNC(=O)c1noc(-c2ccc3nc(N)sc3c2)n1. The van der Waals surface area contributed by atoms with Gasteiger partial charge in [-0.3, -0.25) is 4.79 Å². The van der Waals surface area contributed by atoms with Gasteiger partial charge in [-0.1, -0.05) is 16.5 Å². The summed E-state index contributed by atoms with van der Waals surface area (Å²) in [6.45, 7) is 0. The molecule has 1 amide bonds. The summed E-state index contributed by atoms with van der Waals surface area (Å²) in [5, 5.41) is 6.55. The molecule has 3 aromatic rings. The van der Waals surface area contributed by atoms with Gasteiger partial charge in [0.15, 0.2) is 5.13 Å². The lowest BCUT2D eigenvalue weighted by atomic mass is 10.2. The predicted molar refractivity (Wildman–Crippen MR) is 70.7 cm³/mol. The topological polar surface area (TPSA) is 107 Å². The molecule has 8 heteroatoms. The number of rotatable bonds is 2. The second-order valence-electron chi connectivity index (χ2n) is 3.74. The van der Waals surface area contributed by atoms with Crippen molar-refractivity contribution in [1.29, 1.82) is 0 Å². The lowest BCUT2D eigenvalue weighted by Gasteiger charge is -1.93. The Morgan fingerprint density at radius 1 is 1.42 bits per heavy atom. The molecule has 0 saturated carbocycles. The van der Waals surface area contributed by atoms with Gasteiger partial charge in [0, 0.05) is 12.6 Å². The van der Waals surface area contributed by atoms with Crippen LogP contribution in [0.25, 0.3) is 21.7 Å². The maximum absolute atomic E-state index is 11.4. The normalized spacial score (nSPS) is 10.8. The molecule has 3 N–H and O–H groups in total. The molecule has 1 aromatic carbocycles. The van der Waals surface area contributed by atoms with Gasteiger partial charge in [0.1, 0.15) is 0 Å². The number of amides is 1. The van der Waals surface area contributed by atoms with E-state index in [4.69, 9.17) is 10.3 Å². The minimum Gasteiger partial charge on any atom is -0.375 e. The number of hydrogen-bond acceptors (Lipinski definition) is 7. The van der Waals surface area contributed by atoms with E-state index >= 15 is 0 Å². The van der Waals surface area contributed by atoms with E-state index < -0.39 is 5.91 Å². The number of aromatic nitrogens is 3. The van der Waals surface area contributed by atoms with Crippen molar-refractivity contribution in [3.05, 3.63) is 24.0 Å². The third-order valence-electron chi connectivity index (χ3n) is 2.51. The lowest BCUT2D eigenvalue weighted by molar-refractivity contribution is 0.0950. The van der Waals surface area contributed by atoms with Crippen molar-refractivity contribution >= 4 is 32.6 Å². The van der Waals surface area contributed by atoms with Crippen molar-refractivity contribution in [2.75, 3.05) is 12.8 Å². The first-order valence-electron chi connectivity index (χ1n) is 5.39. The van der Waals surface area contributed by atoms with Crippen LogP contribution >= 0.6 is 11.3 Å². The summed E-state index contributed by atoms with van der Waals surface area (Å²) in [6, 6.07) is 5.47. The number of hydrogen-bond donors (Lipinski definition) is 2. The Balaban J connectivity index is 2.03. The summed E-state index contributed by atoms with van der Waals surface area (Å²) in [6.07, 6.45) is 0. The summed E-state index contributed by atoms with van der Waals surface area (Å²) in [5.74, 6) is -0.105. The van der Waals surface area contributed by atoms with Gasteiger partial charge in [-0.15, -0.1) is 0 Å². The fourth-order valence-electron chi connectivity index (χ4n) is 1.62. The molecule has 0 aliphatic rings. The quantitative estimate of drug-likeness (QED) is 0.729. The number of nitrogen functional groups attached to an aromatic ring is 1. The number of carbonyl (C=O) groups excluding carboxylic acids is 1. The van der Waals surface area contributed by atoms with Crippen molar-refractivity contribution in [2.45, 2.75) is 0 Å². The molecule has 19 heavy (non-hydrogen) atoms. The maximum atomic E-state index is 11.4. The minimum absolute atomic E-state index is 0.00131. The highest BCUT2D eigenvalue weighted by Gasteiger charge is 2.15. The summed E-state index contributed by atoms with van der Waals surface area (Å²) < 4.78 is 5.99. The molecule has 7 nitrogen and oxygen atoms in total. The molecule has 96 valence electrons. The van der Waals surface area contributed by atoms with Crippen molar-refractivity contribution in [3.63, 3.8) is 0 Å². The van der Waals surface area contributed by atoms with Gasteiger partial charge in [-0.05, 0) is 18.2 Å². The van der Waals surface area contributed by atoms with E-state index in [0.717, 1.165) is 15.8 Å². The fourth-order valence-corrected chi connectivity index (χ4v) is 2.39. The Morgan fingerprint density at radius 3 is 3.05 bits per heavy atom. The minimum atomic E-state index is -0.391. The molecule has 0 fully saturated rings. The molecule has 0 radical (unpaired) electrons. The van der Waals surface area contributed by atoms with Gasteiger partial charge in [0.05, 0.1) is 10.2 Å². The largest absolute Gasteiger partial charge is 0.375 e. The van der Waals surface area contributed by atoms with Gasteiger partial charge >= 0.3 is 0 Å². The molecular weight excluding hydrogens is 266 g/mol. The first-order valence-corrected chi connectivity index (χ1v) is 6.21. The van der Waals surface area contributed by atoms with Crippen LogP contribution in [0.5, 0.6) is 0 Å². The van der Waals surface area contributed by atoms with Crippen LogP contribution < -0.4 is 11.1 Å². The van der Waals surface area contributed by atoms with Gasteiger partial charge in [0.2, 0.25) is 0 Å². The standard InChI is InChI=1S/C11H9N5O2S/c1-13-9(17)8-15-10(18-16-8)5-2-3-6-7(4-5)19-11(12)14-6/h2-4H,1H3,(H2,12,14)(H,13,17). The van der Waals surface area contributed by atoms with Crippen LogP contribution in [0.4, 0.5) is 5.13 Å². The van der Waals surface area contributed by atoms with E-state index in [9.17, 15) is 4.79 Å². The number of nitrogens with two attached hydrogens (primary N) is 1. The summed E-state index contributed by atoms with van der Waals surface area (Å²) >= 11 is 1.38. The van der Waals surface area contributed by atoms with Gasteiger partial charge in [-0.25, -0.2) is 4.98 Å². The lowest BCUT2D eigenvalue weighted by Crippen LogP contribution is -2.19. The molecule has 0 aliphatic carbocycles. The molecule has 0 unspecified atom stereocenters. The number of nitrogens with one attached hydrogen (secondary N) is 1. The zero-order chi connectivity index (χ0) is 13.4. The van der Waals surface area contributed by atoms with E-state index in [1.165, 1.54) is 18.4 Å². The summed E-state index contributed by atoms with van der Waals surface area (Å²) in [5.41, 5.74) is 7.18. The van der Waals surface area contributed by atoms with Crippen LogP contribution in [0.15, 0.2) is 22.7 Å². The van der Waals surface area contributed by atoms with E-state index in [1.54, 1.807) is 6.07 Å². The van der Waals surface area contributed by atoms with Crippen molar-refractivity contribution in [1.82, 2.24) is 20.4 Å². The second kappa shape index (κ2) is 4.32. The molecule has 0 atom stereocenters. The van der Waals surface area contributed by atoms with Gasteiger partial charge in [-0.2, -0.15) is 4.98 Å². The third-order valence-corrected chi connectivity index (χ3v) is 3.36. The molecule has 2 aromatic heterocycles. The summed E-state index contributed by atoms with van der Waals surface area (Å²) in [7, 11) is 1.50. The molecule has 0 spiro atoms. The van der Waals surface area contributed by atoms with Crippen LogP contribution in [-0.4, -0.2) is 28.1 Å². The van der Waals surface area contributed by atoms with E-state index in [1.807, 2.05) is 12.1 Å². The predicted octanol–water partition coefficient (Wildman–Crippen LogP) is 1.29. The smallest absolute Gasteiger partial charge is 0.292 e. The highest BCUT2D eigenvalue weighted by Crippen LogP contribution is 2.28. The van der Waals surface area contributed by atoms with Gasteiger partial charge < -0.3 is 15.6 Å².